The molecule has 2 heterocycles. The summed E-state index contributed by atoms with van der Waals surface area (Å²) < 4.78 is 0. The fraction of sp³-hybridized carbons (Fsp3) is 0.0588. The van der Waals surface area contributed by atoms with E-state index in [1.165, 1.54) is 0 Å². The van der Waals surface area contributed by atoms with Crippen LogP contribution in [0.4, 0.5) is 0 Å². The summed E-state index contributed by atoms with van der Waals surface area (Å²) in [4.78, 5) is 17.9. The van der Waals surface area contributed by atoms with Gasteiger partial charge in [0.05, 0.1) is 21.7 Å². The molecule has 0 saturated heterocycles. The number of carbonyl (C=O) groups is 1. The summed E-state index contributed by atoms with van der Waals surface area (Å²) >= 11 is 1.56. The van der Waals surface area contributed by atoms with Crippen molar-refractivity contribution in [1.82, 2.24) is 15.8 Å². The van der Waals surface area contributed by atoms with Crippen LogP contribution in [0.2, 0.25) is 0 Å². The van der Waals surface area contributed by atoms with E-state index in [1.807, 2.05) is 48.7 Å². The summed E-state index contributed by atoms with van der Waals surface area (Å²) in [6.07, 6.45) is 0. The highest BCUT2D eigenvalue weighted by Gasteiger charge is 2.12. The number of nitrogens with zero attached hydrogens (tertiary/aromatic N) is 1. The number of rotatable bonds is 4. The van der Waals surface area contributed by atoms with Crippen molar-refractivity contribution in [2.45, 2.75) is 6.92 Å². The van der Waals surface area contributed by atoms with Crippen LogP contribution in [0.5, 0.6) is 0 Å². The molecule has 0 aliphatic carbocycles. The van der Waals surface area contributed by atoms with Gasteiger partial charge in [-0.25, -0.2) is 0 Å². The largest absolute Gasteiger partial charge is 0.298 e. The van der Waals surface area contributed by atoms with Gasteiger partial charge in [-0.1, -0.05) is 30.8 Å². The second-order valence-electron chi connectivity index (χ2n) is 4.86. The van der Waals surface area contributed by atoms with Crippen LogP contribution < -0.4 is 10.9 Å². The lowest BCUT2D eigenvalue weighted by Crippen LogP contribution is -2.35. The van der Waals surface area contributed by atoms with E-state index in [2.05, 4.69) is 22.4 Å². The molecule has 0 radical (unpaired) electrons. The van der Waals surface area contributed by atoms with E-state index in [-0.39, 0.29) is 5.91 Å². The second-order valence-corrected chi connectivity index (χ2v) is 5.81. The first-order valence-electron chi connectivity index (χ1n) is 6.80. The van der Waals surface area contributed by atoms with Gasteiger partial charge in [0.25, 0.3) is 5.91 Å². The number of aromatic nitrogens is 1. The first-order chi connectivity index (χ1) is 10.6. The molecule has 3 aromatic rings. The minimum Gasteiger partial charge on any atom is -0.298 e. The molecule has 1 aromatic carbocycles. The summed E-state index contributed by atoms with van der Waals surface area (Å²) in [7, 11) is 0. The fourth-order valence-corrected chi connectivity index (χ4v) is 2.86. The van der Waals surface area contributed by atoms with E-state index in [1.54, 1.807) is 17.4 Å². The lowest BCUT2D eigenvalue weighted by atomic mass is 10.1. The average molecular weight is 309 g/mol. The zero-order valence-corrected chi connectivity index (χ0v) is 12.9. The van der Waals surface area contributed by atoms with Crippen molar-refractivity contribution in [3.8, 4) is 0 Å². The van der Waals surface area contributed by atoms with Gasteiger partial charge in [-0.2, -0.15) is 0 Å². The van der Waals surface area contributed by atoms with Crippen molar-refractivity contribution in [3.63, 3.8) is 0 Å². The van der Waals surface area contributed by atoms with E-state index < -0.39 is 0 Å². The van der Waals surface area contributed by atoms with Crippen LogP contribution >= 0.6 is 11.3 Å². The number of hydrogen-bond acceptors (Lipinski definition) is 4. The van der Waals surface area contributed by atoms with Crippen LogP contribution in [0.15, 0.2) is 54.4 Å². The highest BCUT2D eigenvalue weighted by Crippen LogP contribution is 2.18. The molecule has 0 spiro atoms. The molecule has 3 rings (SSSR count). The van der Waals surface area contributed by atoms with Gasteiger partial charge in [0, 0.05) is 11.1 Å². The number of pyridine rings is 1. The number of thiophene rings is 1. The predicted octanol–water partition coefficient (Wildman–Crippen LogP) is 3.51. The van der Waals surface area contributed by atoms with Gasteiger partial charge in [-0.3, -0.25) is 20.6 Å². The van der Waals surface area contributed by atoms with Gasteiger partial charge in [-0.15, -0.1) is 11.3 Å². The molecule has 1 amide bonds. The minimum absolute atomic E-state index is 0.209. The Morgan fingerprint density at radius 3 is 2.77 bits per heavy atom. The molecule has 0 aliphatic heterocycles. The number of aryl methyl sites for hydroxylation is 1. The van der Waals surface area contributed by atoms with E-state index in [0.717, 1.165) is 21.5 Å². The molecule has 0 bridgehead atoms. The first-order valence-corrected chi connectivity index (χ1v) is 7.68. The number of para-hydroxylation sites is 1. The van der Waals surface area contributed by atoms with Crippen LogP contribution in [0.1, 0.15) is 20.9 Å². The summed E-state index contributed by atoms with van der Waals surface area (Å²) in [5.41, 5.74) is 8.43. The maximum Gasteiger partial charge on any atom is 0.270 e. The monoisotopic (exact) mass is 309 g/mol. The van der Waals surface area contributed by atoms with Crippen molar-refractivity contribution >= 4 is 33.8 Å². The lowest BCUT2D eigenvalue weighted by Gasteiger charge is -2.11. The molecule has 0 saturated carbocycles. The van der Waals surface area contributed by atoms with E-state index in [9.17, 15) is 4.79 Å². The quantitative estimate of drug-likeness (QED) is 0.725. The Hall–Kier alpha value is -2.66. The Morgan fingerprint density at radius 2 is 2.00 bits per heavy atom. The van der Waals surface area contributed by atoms with Gasteiger partial charge >= 0.3 is 0 Å². The van der Waals surface area contributed by atoms with Crippen LogP contribution in [-0.4, -0.2) is 10.9 Å². The molecule has 22 heavy (non-hydrogen) atoms. The summed E-state index contributed by atoms with van der Waals surface area (Å²) in [5, 5.41) is 2.79. The smallest absolute Gasteiger partial charge is 0.270 e. The Labute approximate surface area is 132 Å². The Balaban J connectivity index is 1.82. The zero-order chi connectivity index (χ0) is 15.5. The molecule has 4 nitrogen and oxygen atoms in total. The van der Waals surface area contributed by atoms with Crippen LogP contribution in [0.3, 0.4) is 0 Å². The highest BCUT2D eigenvalue weighted by atomic mass is 32.1. The fourth-order valence-electron chi connectivity index (χ4n) is 2.21. The Bertz CT molecular complexity index is 840. The van der Waals surface area contributed by atoms with Gasteiger partial charge in [0.2, 0.25) is 0 Å². The topological polar surface area (TPSA) is 54.0 Å². The summed E-state index contributed by atoms with van der Waals surface area (Å²) in [6.45, 7) is 5.79. The van der Waals surface area contributed by atoms with Crippen molar-refractivity contribution in [3.05, 3.63) is 70.6 Å². The predicted molar refractivity (Wildman–Crippen MR) is 90.4 cm³/mol. The molecule has 2 N–H and O–H groups in total. The van der Waals surface area contributed by atoms with E-state index in [4.69, 9.17) is 0 Å². The molecule has 0 unspecified atom stereocenters. The molecule has 0 aliphatic rings. The lowest BCUT2D eigenvalue weighted by molar-refractivity contribution is 0.0944. The maximum atomic E-state index is 12.4. The van der Waals surface area contributed by atoms with E-state index >= 15 is 0 Å². The van der Waals surface area contributed by atoms with Crippen LogP contribution in [-0.2, 0) is 0 Å². The van der Waals surface area contributed by atoms with Crippen LogP contribution in [0.25, 0.3) is 16.6 Å². The third-order valence-corrected chi connectivity index (χ3v) is 4.16. The van der Waals surface area contributed by atoms with Crippen LogP contribution in [0, 0.1) is 6.92 Å². The number of carbonyl (C=O) groups excluding carboxylic acids is 1. The highest BCUT2D eigenvalue weighted by molar-refractivity contribution is 7.11. The molecule has 2 aromatic heterocycles. The maximum absolute atomic E-state index is 12.4. The molecular weight excluding hydrogens is 294 g/mol. The summed E-state index contributed by atoms with van der Waals surface area (Å²) in [5.74, 6) is -0.209. The van der Waals surface area contributed by atoms with Gasteiger partial charge in [-0.05, 0) is 30.5 Å². The zero-order valence-electron chi connectivity index (χ0n) is 12.1. The second kappa shape index (κ2) is 5.99. The first kappa shape index (κ1) is 14.3. The molecule has 0 atom stereocenters. The Morgan fingerprint density at radius 1 is 1.18 bits per heavy atom. The standard InChI is InChI=1S/C17H15N3OS/c1-11-10-14(13-6-3-4-7-15(13)18-11)17(21)20-19-12(2)16-8-5-9-22-16/h3-10,19H,2H2,1H3,(H,20,21). The number of fused-ring (bicyclic) bond motifs is 1. The number of benzene rings is 1. The molecular formula is C17H15N3OS. The average Bonchev–Trinajstić information content (AvgIpc) is 3.06. The Kier molecular flexibility index (Phi) is 3.89. The molecule has 110 valence electrons. The van der Waals surface area contributed by atoms with Crippen molar-refractivity contribution in [2.24, 2.45) is 0 Å². The SMILES string of the molecule is C=C(NNC(=O)c1cc(C)nc2ccccc12)c1cccs1. The van der Waals surface area contributed by atoms with Crippen molar-refractivity contribution in [1.29, 1.82) is 0 Å². The summed E-state index contributed by atoms with van der Waals surface area (Å²) in [6, 6.07) is 13.3. The van der Waals surface area contributed by atoms with Gasteiger partial charge in [0.15, 0.2) is 0 Å². The van der Waals surface area contributed by atoms with Crippen molar-refractivity contribution < 1.29 is 4.79 Å². The third kappa shape index (κ3) is 2.84. The number of nitrogens with one attached hydrogen (secondary N) is 2. The van der Waals surface area contributed by atoms with Gasteiger partial charge in [0.1, 0.15) is 0 Å². The molecule has 5 heteroatoms. The third-order valence-electron chi connectivity index (χ3n) is 3.23. The van der Waals surface area contributed by atoms with Crippen molar-refractivity contribution in [2.75, 3.05) is 0 Å². The van der Waals surface area contributed by atoms with E-state index in [0.29, 0.717) is 11.3 Å². The number of hydrogen-bond donors (Lipinski definition) is 2. The normalized spacial score (nSPS) is 10.4. The molecule has 0 fully saturated rings. The number of hydrazine groups is 1. The number of amides is 1. The van der Waals surface area contributed by atoms with Gasteiger partial charge < -0.3 is 0 Å². The minimum atomic E-state index is -0.209.